The molecule has 0 bridgehead atoms. The quantitative estimate of drug-likeness (QED) is 0.834. The first kappa shape index (κ1) is 15.8. The first-order valence-electron chi connectivity index (χ1n) is 7.71. The van der Waals surface area contributed by atoms with Gasteiger partial charge in [-0.25, -0.2) is 0 Å². The fourth-order valence-electron chi connectivity index (χ4n) is 2.59. The number of carbonyl (C=O) groups is 1. The molecule has 2 rings (SSSR count). The van der Waals surface area contributed by atoms with Gasteiger partial charge >= 0.3 is 0 Å². The number of amides is 1. The lowest BCUT2D eigenvalue weighted by atomic mass is 10.0. The molecule has 0 N–H and O–H groups in total. The molecule has 0 aromatic heterocycles. The fraction of sp³-hybridized carbons (Fsp3) is 0.588. The molecular formula is C17H26N2O2. The largest absolute Gasteiger partial charge is 0.492 e. The SMILES string of the molecule is CC(C)c1ccc(OCCN2CCN(C)C(=O)[C@H]2C)cc1. The Labute approximate surface area is 127 Å². The number of hydrogen-bond acceptors (Lipinski definition) is 3. The molecule has 4 heteroatoms. The van der Waals surface area contributed by atoms with Crippen LogP contribution in [-0.4, -0.2) is 55.0 Å². The Morgan fingerprint density at radius 2 is 1.90 bits per heavy atom. The molecule has 1 atom stereocenters. The standard InChI is InChI=1S/C17H26N2O2/c1-13(2)15-5-7-16(8-6-15)21-12-11-19-10-9-18(4)17(20)14(19)3/h5-8,13-14H,9-12H2,1-4H3/t14-/m1/s1. The predicted molar refractivity (Wildman–Crippen MR) is 84.7 cm³/mol. The number of hydrogen-bond donors (Lipinski definition) is 0. The number of ether oxygens (including phenoxy) is 1. The molecule has 0 aliphatic carbocycles. The van der Waals surface area contributed by atoms with E-state index in [1.165, 1.54) is 5.56 Å². The van der Waals surface area contributed by atoms with E-state index in [1.54, 1.807) is 4.90 Å². The summed E-state index contributed by atoms with van der Waals surface area (Å²) in [4.78, 5) is 15.9. The number of piperazine rings is 1. The van der Waals surface area contributed by atoms with Crippen molar-refractivity contribution >= 4 is 5.91 Å². The van der Waals surface area contributed by atoms with Gasteiger partial charge in [0.15, 0.2) is 0 Å². The van der Waals surface area contributed by atoms with Gasteiger partial charge in [-0.1, -0.05) is 26.0 Å². The van der Waals surface area contributed by atoms with E-state index in [4.69, 9.17) is 4.74 Å². The highest BCUT2D eigenvalue weighted by atomic mass is 16.5. The maximum Gasteiger partial charge on any atom is 0.239 e. The van der Waals surface area contributed by atoms with E-state index < -0.39 is 0 Å². The van der Waals surface area contributed by atoms with Crippen LogP contribution in [-0.2, 0) is 4.79 Å². The van der Waals surface area contributed by atoms with Crippen LogP contribution in [0.5, 0.6) is 5.75 Å². The van der Waals surface area contributed by atoms with Crippen molar-refractivity contribution in [3.05, 3.63) is 29.8 Å². The molecule has 1 saturated heterocycles. The minimum absolute atomic E-state index is 0.0457. The Morgan fingerprint density at radius 3 is 2.52 bits per heavy atom. The smallest absolute Gasteiger partial charge is 0.239 e. The van der Waals surface area contributed by atoms with E-state index in [-0.39, 0.29) is 11.9 Å². The summed E-state index contributed by atoms with van der Waals surface area (Å²) in [6.07, 6.45) is 0. The first-order chi connectivity index (χ1) is 9.99. The number of rotatable bonds is 5. The molecule has 1 aliphatic rings. The molecule has 0 unspecified atom stereocenters. The third-order valence-electron chi connectivity index (χ3n) is 4.20. The van der Waals surface area contributed by atoms with Gasteiger partial charge in [-0.2, -0.15) is 0 Å². The number of nitrogens with zero attached hydrogens (tertiary/aromatic N) is 2. The topological polar surface area (TPSA) is 32.8 Å². The molecule has 1 heterocycles. The van der Waals surface area contributed by atoms with Gasteiger partial charge in [-0.15, -0.1) is 0 Å². The molecule has 4 nitrogen and oxygen atoms in total. The Kier molecular flexibility index (Phi) is 5.23. The number of benzene rings is 1. The second kappa shape index (κ2) is 6.94. The highest BCUT2D eigenvalue weighted by Gasteiger charge is 2.28. The van der Waals surface area contributed by atoms with Crippen LogP contribution in [0.25, 0.3) is 0 Å². The summed E-state index contributed by atoms with van der Waals surface area (Å²) in [6, 6.07) is 8.22. The molecule has 1 aliphatic heterocycles. The lowest BCUT2D eigenvalue weighted by Gasteiger charge is -2.37. The molecule has 0 saturated carbocycles. The Morgan fingerprint density at radius 1 is 1.24 bits per heavy atom. The molecule has 0 spiro atoms. The molecular weight excluding hydrogens is 264 g/mol. The zero-order valence-corrected chi connectivity index (χ0v) is 13.5. The Hall–Kier alpha value is -1.55. The molecule has 1 aromatic rings. The monoisotopic (exact) mass is 290 g/mol. The summed E-state index contributed by atoms with van der Waals surface area (Å²) >= 11 is 0. The van der Waals surface area contributed by atoms with Crippen molar-refractivity contribution < 1.29 is 9.53 Å². The van der Waals surface area contributed by atoms with E-state index in [0.29, 0.717) is 12.5 Å². The van der Waals surface area contributed by atoms with Gasteiger partial charge in [0.1, 0.15) is 12.4 Å². The third kappa shape index (κ3) is 3.97. The summed E-state index contributed by atoms with van der Waals surface area (Å²) in [5.74, 6) is 1.63. The van der Waals surface area contributed by atoms with Crippen molar-refractivity contribution in [3.63, 3.8) is 0 Å². The minimum Gasteiger partial charge on any atom is -0.492 e. The minimum atomic E-state index is -0.0457. The molecule has 116 valence electrons. The van der Waals surface area contributed by atoms with E-state index in [0.717, 1.165) is 25.4 Å². The van der Waals surface area contributed by atoms with Crippen LogP contribution in [0, 0.1) is 0 Å². The van der Waals surface area contributed by atoms with Gasteiger partial charge in [-0.3, -0.25) is 9.69 Å². The summed E-state index contributed by atoms with van der Waals surface area (Å²) in [7, 11) is 1.86. The molecule has 1 aromatic carbocycles. The van der Waals surface area contributed by atoms with Crippen molar-refractivity contribution in [2.45, 2.75) is 32.7 Å². The van der Waals surface area contributed by atoms with Crippen LogP contribution in [0.1, 0.15) is 32.3 Å². The zero-order chi connectivity index (χ0) is 15.4. The maximum atomic E-state index is 11.9. The van der Waals surface area contributed by atoms with E-state index >= 15 is 0 Å². The average Bonchev–Trinajstić information content (AvgIpc) is 2.48. The normalized spacial score (nSPS) is 20.1. The van der Waals surface area contributed by atoms with Crippen molar-refractivity contribution in [3.8, 4) is 5.75 Å². The highest BCUT2D eigenvalue weighted by molar-refractivity contribution is 5.81. The van der Waals surface area contributed by atoms with Crippen LogP contribution < -0.4 is 4.74 Å². The predicted octanol–water partition coefficient (Wildman–Crippen LogP) is 2.35. The van der Waals surface area contributed by atoms with Crippen LogP contribution in [0.2, 0.25) is 0 Å². The molecule has 1 fully saturated rings. The zero-order valence-electron chi connectivity index (χ0n) is 13.5. The van der Waals surface area contributed by atoms with Gasteiger partial charge in [0, 0.05) is 26.7 Å². The Bertz CT molecular complexity index is 470. The van der Waals surface area contributed by atoms with Crippen molar-refractivity contribution in [2.24, 2.45) is 0 Å². The molecule has 1 amide bonds. The number of carbonyl (C=O) groups excluding carboxylic acids is 1. The van der Waals surface area contributed by atoms with Gasteiger partial charge in [0.25, 0.3) is 0 Å². The van der Waals surface area contributed by atoms with Crippen LogP contribution in [0.3, 0.4) is 0 Å². The lowest BCUT2D eigenvalue weighted by molar-refractivity contribution is -0.139. The second-order valence-corrected chi connectivity index (χ2v) is 6.04. The van der Waals surface area contributed by atoms with Gasteiger partial charge in [0.2, 0.25) is 5.91 Å². The van der Waals surface area contributed by atoms with Gasteiger partial charge in [-0.05, 0) is 30.5 Å². The van der Waals surface area contributed by atoms with Crippen molar-refractivity contribution in [1.29, 1.82) is 0 Å². The lowest BCUT2D eigenvalue weighted by Crippen LogP contribution is -2.55. The first-order valence-corrected chi connectivity index (χ1v) is 7.71. The van der Waals surface area contributed by atoms with Gasteiger partial charge in [0.05, 0.1) is 6.04 Å². The van der Waals surface area contributed by atoms with Gasteiger partial charge < -0.3 is 9.64 Å². The second-order valence-electron chi connectivity index (χ2n) is 6.04. The van der Waals surface area contributed by atoms with E-state index in [2.05, 4.69) is 30.9 Å². The van der Waals surface area contributed by atoms with E-state index in [1.807, 2.05) is 26.1 Å². The average molecular weight is 290 g/mol. The van der Waals surface area contributed by atoms with E-state index in [9.17, 15) is 4.79 Å². The number of likely N-dealkylation sites (N-methyl/N-ethyl adjacent to an activating group) is 1. The molecule has 21 heavy (non-hydrogen) atoms. The van der Waals surface area contributed by atoms with Crippen molar-refractivity contribution in [2.75, 3.05) is 33.3 Å². The summed E-state index contributed by atoms with van der Waals surface area (Å²) in [6.45, 7) is 9.44. The van der Waals surface area contributed by atoms with Crippen molar-refractivity contribution in [1.82, 2.24) is 9.80 Å². The van der Waals surface area contributed by atoms with Crippen LogP contribution >= 0.6 is 0 Å². The Balaban J connectivity index is 1.80. The summed E-state index contributed by atoms with van der Waals surface area (Å²) in [5.41, 5.74) is 1.32. The third-order valence-corrected chi connectivity index (χ3v) is 4.20. The summed E-state index contributed by atoms with van der Waals surface area (Å²) in [5, 5.41) is 0. The molecule has 0 radical (unpaired) electrons. The fourth-order valence-corrected chi connectivity index (χ4v) is 2.59. The summed E-state index contributed by atoms with van der Waals surface area (Å²) < 4.78 is 5.79. The van der Waals surface area contributed by atoms with Crippen LogP contribution in [0.15, 0.2) is 24.3 Å². The highest BCUT2D eigenvalue weighted by Crippen LogP contribution is 2.18. The maximum absolute atomic E-state index is 11.9. The van der Waals surface area contributed by atoms with Crippen LogP contribution in [0.4, 0.5) is 0 Å².